The number of piperidine rings is 1. The zero-order chi connectivity index (χ0) is 27.4. The van der Waals surface area contributed by atoms with Gasteiger partial charge in [-0.05, 0) is 68.1 Å². The van der Waals surface area contributed by atoms with E-state index >= 15 is 0 Å². The molecule has 2 aromatic carbocycles. The lowest BCUT2D eigenvalue weighted by molar-refractivity contribution is 0.0721. The molecule has 4 heterocycles. The van der Waals surface area contributed by atoms with Crippen LogP contribution in [0.4, 0.5) is 4.39 Å². The van der Waals surface area contributed by atoms with Crippen molar-refractivity contribution in [1.82, 2.24) is 34.6 Å². The molecule has 1 spiro atoms. The number of benzene rings is 2. The van der Waals surface area contributed by atoms with E-state index in [-0.39, 0.29) is 11.7 Å². The molecule has 8 nitrogen and oxygen atoms in total. The highest BCUT2D eigenvalue weighted by atomic mass is 19.1. The summed E-state index contributed by atoms with van der Waals surface area (Å²) in [7, 11) is 0. The minimum Gasteiger partial charge on any atom is -0.347 e. The number of H-pyrrole nitrogens is 2. The van der Waals surface area contributed by atoms with Crippen LogP contribution in [-0.2, 0) is 26.2 Å². The molecule has 2 fully saturated rings. The average Bonchev–Trinajstić information content (AvgIpc) is 3.75. The number of likely N-dealkylation sites (tertiary alicyclic amines) is 2. The van der Waals surface area contributed by atoms with E-state index in [0.717, 1.165) is 62.8 Å². The van der Waals surface area contributed by atoms with Crippen LogP contribution in [-0.4, -0.2) is 66.7 Å². The highest BCUT2D eigenvalue weighted by Crippen LogP contribution is 2.41. The molecule has 0 saturated carbocycles. The van der Waals surface area contributed by atoms with Crippen LogP contribution >= 0.6 is 0 Å². The highest BCUT2D eigenvalue weighted by molar-refractivity contribution is 5.94. The van der Waals surface area contributed by atoms with Gasteiger partial charge in [0.05, 0.1) is 13.1 Å². The molecule has 208 valence electrons. The summed E-state index contributed by atoms with van der Waals surface area (Å²) in [5.74, 6) is 1.31. The predicted octanol–water partition coefficient (Wildman–Crippen LogP) is 4.60. The molecule has 1 amide bonds. The van der Waals surface area contributed by atoms with Crippen molar-refractivity contribution >= 4 is 5.91 Å². The number of carbonyl (C=O) groups excluding carboxylic acids is 1. The van der Waals surface area contributed by atoms with Crippen LogP contribution in [0.1, 0.15) is 52.4 Å². The zero-order valence-electron chi connectivity index (χ0n) is 22.7. The molecule has 0 aliphatic carbocycles. The van der Waals surface area contributed by atoms with Crippen molar-refractivity contribution in [3.8, 4) is 0 Å². The molecule has 2 N–H and O–H groups in total. The van der Waals surface area contributed by atoms with Crippen molar-refractivity contribution < 1.29 is 9.18 Å². The topological polar surface area (TPSA) is 84.2 Å². The van der Waals surface area contributed by atoms with Crippen LogP contribution in [0.15, 0.2) is 73.3 Å². The summed E-state index contributed by atoms with van der Waals surface area (Å²) < 4.78 is 14.1. The predicted molar refractivity (Wildman–Crippen MR) is 150 cm³/mol. The Hall–Kier alpha value is -3.82. The van der Waals surface area contributed by atoms with E-state index in [0.29, 0.717) is 30.6 Å². The fourth-order valence-electron chi connectivity index (χ4n) is 6.15. The molecule has 0 atom stereocenters. The number of halogens is 1. The Balaban J connectivity index is 1.03. The molecule has 40 heavy (non-hydrogen) atoms. The molecule has 6 rings (SSSR count). The summed E-state index contributed by atoms with van der Waals surface area (Å²) in [5, 5.41) is 0. The largest absolute Gasteiger partial charge is 0.347 e. The monoisotopic (exact) mass is 541 g/mol. The van der Waals surface area contributed by atoms with Gasteiger partial charge >= 0.3 is 0 Å². The van der Waals surface area contributed by atoms with Gasteiger partial charge in [-0.3, -0.25) is 14.6 Å². The van der Waals surface area contributed by atoms with E-state index in [4.69, 9.17) is 0 Å². The molecular weight excluding hydrogens is 505 g/mol. The number of aromatic amines is 2. The Morgan fingerprint density at radius 3 is 2.08 bits per heavy atom. The van der Waals surface area contributed by atoms with Crippen molar-refractivity contribution in [3.63, 3.8) is 0 Å². The number of imidazole rings is 2. The number of nitrogens with one attached hydrogen (secondary N) is 2. The van der Waals surface area contributed by atoms with E-state index in [1.807, 2.05) is 24.3 Å². The third-order valence-corrected chi connectivity index (χ3v) is 8.47. The molecule has 0 bridgehead atoms. The minimum absolute atomic E-state index is 0.0541. The van der Waals surface area contributed by atoms with Gasteiger partial charge < -0.3 is 14.9 Å². The van der Waals surface area contributed by atoms with Crippen LogP contribution in [0.3, 0.4) is 0 Å². The van der Waals surface area contributed by atoms with Crippen molar-refractivity contribution in [3.05, 3.63) is 107 Å². The third-order valence-electron chi connectivity index (χ3n) is 8.47. The fraction of sp³-hybridized carbons (Fsp3) is 0.387. The van der Waals surface area contributed by atoms with Crippen LogP contribution in [0.25, 0.3) is 0 Å². The number of nitrogens with zero attached hydrogens (tertiary/aromatic N) is 5. The van der Waals surface area contributed by atoms with Crippen molar-refractivity contribution in [2.75, 3.05) is 26.2 Å². The summed E-state index contributed by atoms with van der Waals surface area (Å²) in [5.41, 5.74) is 3.02. The average molecular weight is 542 g/mol. The van der Waals surface area contributed by atoms with Gasteiger partial charge in [0.25, 0.3) is 5.91 Å². The third kappa shape index (κ3) is 6.16. The smallest absolute Gasteiger partial charge is 0.254 e. The van der Waals surface area contributed by atoms with E-state index in [9.17, 15) is 9.18 Å². The Bertz CT molecular complexity index is 1340. The molecule has 2 aliphatic heterocycles. The van der Waals surface area contributed by atoms with Gasteiger partial charge in [-0.1, -0.05) is 30.3 Å². The van der Waals surface area contributed by atoms with Gasteiger partial charge in [-0.15, -0.1) is 0 Å². The lowest BCUT2D eigenvalue weighted by atomic mass is 9.77. The first-order valence-corrected chi connectivity index (χ1v) is 14.1. The number of aromatic nitrogens is 4. The molecule has 2 aliphatic rings. The molecule has 4 aromatic rings. The normalized spacial score (nSPS) is 17.4. The van der Waals surface area contributed by atoms with Crippen molar-refractivity contribution in [1.29, 1.82) is 0 Å². The van der Waals surface area contributed by atoms with Gasteiger partial charge in [0.1, 0.15) is 17.5 Å². The zero-order valence-corrected chi connectivity index (χ0v) is 22.7. The van der Waals surface area contributed by atoms with Crippen LogP contribution < -0.4 is 0 Å². The lowest BCUT2D eigenvalue weighted by Crippen LogP contribution is -2.41. The second kappa shape index (κ2) is 11.7. The quantitative estimate of drug-likeness (QED) is 0.324. The number of amides is 1. The SMILES string of the molecule is O=C(c1ccc(CN2CCC3(CCN(Cc4ccccc4F)CC3)C2)cc1)N(Cc1ncc[nH]1)Cc1ncc[nH]1. The van der Waals surface area contributed by atoms with Crippen LogP contribution in [0.2, 0.25) is 0 Å². The second-order valence-corrected chi connectivity index (χ2v) is 11.3. The first-order valence-electron chi connectivity index (χ1n) is 14.1. The maximum atomic E-state index is 14.1. The maximum Gasteiger partial charge on any atom is 0.254 e. The Kier molecular flexibility index (Phi) is 7.75. The van der Waals surface area contributed by atoms with E-state index < -0.39 is 0 Å². The second-order valence-electron chi connectivity index (χ2n) is 11.3. The molecule has 0 unspecified atom stereocenters. The molecular formula is C31H36FN7O. The first-order chi connectivity index (χ1) is 19.6. The van der Waals surface area contributed by atoms with Crippen molar-refractivity contribution in [2.24, 2.45) is 5.41 Å². The van der Waals surface area contributed by atoms with Gasteiger partial charge in [0.15, 0.2) is 0 Å². The van der Waals surface area contributed by atoms with Crippen LogP contribution in [0, 0.1) is 11.2 Å². The van der Waals surface area contributed by atoms with Gasteiger partial charge in [0, 0.05) is 55.5 Å². The Labute approximate surface area is 234 Å². The maximum absolute atomic E-state index is 14.1. The Morgan fingerprint density at radius 1 is 0.850 bits per heavy atom. The summed E-state index contributed by atoms with van der Waals surface area (Å²) in [4.78, 5) is 34.9. The Morgan fingerprint density at radius 2 is 1.48 bits per heavy atom. The van der Waals surface area contributed by atoms with Crippen molar-refractivity contribution in [2.45, 2.75) is 45.4 Å². The van der Waals surface area contributed by atoms with E-state index in [1.54, 1.807) is 41.8 Å². The fourth-order valence-corrected chi connectivity index (χ4v) is 6.15. The summed E-state index contributed by atoms with van der Waals surface area (Å²) >= 11 is 0. The van der Waals surface area contributed by atoms with E-state index in [2.05, 4.69) is 41.9 Å². The summed E-state index contributed by atoms with van der Waals surface area (Å²) in [6, 6.07) is 15.1. The molecule has 0 radical (unpaired) electrons. The number of carbonyl (C=O) groups is 1. The molecule has 9 heteroatoms. The summed E-state index contributed by atoms with van der Waals surface area (Å²) in [6.07, 6.45) is 10.4. The number of rotatable bonds is 9. The van der Waals surface area contributed by atoms with Gasteiger partial charge in [-0.25, -0.2) is 14.4 Å². The van der Waals surface area contributed by atoms with Gasteiger partial charge in [0.2, 0.25) is 0 Å². The minimum atomic E-state index is -0.106. The highest BCUT2D eigenvalue weighted by Gasteiger charge is 2.40. The summed E-state index contributed by atoms with van der Waals surface area (Å²) in [6.45, 7) is 6.56. The van der Waals surface area contributed by atoms with Gasteiger partial charge in [-0.2, -0.15) is 0 Å². The molecule has 2 saturated heterocycles. The van der Waals surface area contributed by atoms with Crippen LogP contribution in [0.5, 0.6) is 0 Å². The lowest BCUT2D eigenvalue weighted by Gasteiger charge is -2.39. The molecule has 2 aromatic heterocycles. The first kappa shape index (κ1) is 26.4. The van der Waals surface area contributed by atoms with E-state index in [1.165, 1.54) is 12.0 Å². The number of hydrogen-bond donors (Lipinski definition) is 2. The standard InChI is InChI=1S/C31H36FN7O/c32-27-4-2-1-3-26(27)20-37-16-9-31(10-17-37)11-18-38(23-31)19-24-5-7-25(8-6-24)30(40)39(21-28-33-12-13-34-28)22-29-35-14-15-36-29/h1-8,12-15H,9-11,16-23H2,(H,33,34)(H,35,36). The number of hydrogen-bond acceptors (Lipinski definition) is 5.